The second-order valence-electron chi connectivity index (χ2n) is 3.00. The highest BCUT2D eigenvalue weighted by molar-refractivity contribution is 6.45. The largest absolute Gasteiger partial charge is 0.465 e. The van der Waals surface area contributed by atoms with E-state index in [2.05, 4.69) is 5.73 Å². The minimum Gasteiger partial charge on any atom is -0.465 e. The van der Waals surface area contributed by atoms with E-state index in [4.69, 9.17) is 79.5 Å². The molecular weight excluding hydrogens is 371 g/mol. The predicted octanol–water partition coefficient (Wildman–Crippen LogP) is 3.59. The molecule has 0 radical (unpaired) electrons. The van der Waals surface area contributed by atoms with Crippen LogP contribution in [0.5, 0.6) is 0 Å². The van der Waals surface area contributed by atoms with Crippen LogP contribution in [0.25, 0.3) is 0 Å². The monoisotopic (exact) mass is 383 g/mol. The minimum absolute atomic E-state index is 0. The minimum atomic E-state index is -1.33. The predicted molar refractivity (Wildman–Crippen MR) is 80.1 cm³/mol. The van der Waals surface area contributed by atoms with Crippen LogP contribution in [-0.4, -0.2) is 43.5 Å². The van der Waals surface area contributed by atoms with Crippen LogP contribution in [0, 0.1) is 0 Å². The first-order chi connectivity index (χ1) is 7.20. The Morgan fingerprint density at radius 2 is 0.778 bits per heavy atom. The molecular formula is C7H15Cl6N3O2. The molecule has 0 aromatic carbocycles. The molecule has 0 aromatic rings. The fraction of sp³-hybridized carbons (Fsp3) is 0.857. The van der Waals surface area contributed by atoms with Gasteiger partial charge >= 0.3 is 6.09 Å². The number of amides is 1. The van der Waals surface area contributed by atoms with Crippen LogP contribution < -0.4 is 18.0 Å². The van der Waals surface area contributed by atoms with Crippen LogP contribution in [0.2, 0.25) is 0 Å². The van der Waals surface area contributed by atoms with E-state index in [1.54, 1.807) is 0 Å². The van der Waals surface area contributed by atoms with Crippen molar-refractivity contribution in [1.29, 1.82) is 0 Å². The molecule has 1 saturated carbocycles. The lowest BCUT2D eigenvalue weighted by Crippen LogP contribution is -2.52. The Kier molecular flexibility index (Phi) is 14.2. The topological polar surface area (TPSA) is 133 Å². The van der Waals surface area contributed by atoms with Gasteiger partial charge in [0.1, 0.15) is 0 Å². The normalized spacial score (nSPS) is 38.3. The Hall–Kier alpha value is 0.930. The SMILES string of the molecule is ClC1C(Cl)C(Cl)C(Cl)C(Cl)C1Cl.N.N.NC(=O)O. The van der Waals surface area contributed by atoms with Crippen LogP contribution in [0.4, 0.5) is 4.79 Å². The number of nitrogens with two attached hydrogens (primary N) is 1. The third kappa shape index (κ3) is 6.91. The Labute approximate surface area is 135 Å². The zero-order chi connectivity index (χ0) is 13.0. The van der Waals surface area contributed by atoms with Gasteiger partial charge in [0.15, 0.2) is 0 Å². The van der Waals surface area contributed by atoms with Gasteiger partial charge in [0.2, 0.25) is 0 Å². The second kappa shape index (κ2) is 10.7. The average molecular weight is 386 g/mol. The summed E-state index contributed by atoms with van der Waals surface area (Å²) in [6.45, 7) is 0. The van der Waals surface area contributed by atoms with E-state index < -0.39 is 38.4 Å². The molecule has 0 atom stereocenters. The Morgan fingerprint density at radius 3 is 0.833 bits per heavy atom. The molecule has 1 aliphatic carbocycles. The van der Waals surface area contributed by atoms with Crippen molar-refractivity contribution in [2.45, 2.75) is 32.3 Å². The smallest absolute Gasteiger partial charge is 0.402 e. The van der Waals surface area contributed by atoms with Gasteiger partial charge in [-0.3, -0.25) is 0 Å². The zero-order valence-electron chi connectivity index (χ0n) is 9.08. The Balaban J connectivity index is -0.000000332. The number of primary amides is 1. The molecule has 0 unspecified atom stereocenters. The van der Waals surface area contributed by atoms with E-state index >= 15 is 0 Å². The van der Waals surface area contributed by atoms with Crippen LogP contribution in [0.3, 0.4) is 0 Å². The maximum atomic E-state index is 8.78. The number of alkyl halides is 6. The Morgan fingerprint density at radius 1 is 0.722 bits per heavy atom. The fourth-order valence-electron chi connectivity index (χ4n) is 1.05. The van der Waals surface area contributed by atoms with E-state index in [1.165, 1.54) is 0 Å². The van der Waals surface area contributed by atoms with Crippen LogP contribution in [-0.2, 0) is 0 Å². The third-order valence-corrected chi connectivity index (χ3v) is 5.86. The first-order valence-electron chi connectivity index (χ1n) is 4.03. The molecule has 0 bridgehead atoms. The van der Waals surface area contributed by atoms with Gasteiger partial charge in [-0.25, -0.2) is 4.79 Å². The number of hydrogen-bond donors (Lipinski definition) is 4. The molecule has 1 aliphatic rings. The average Bonchev–Trinajstić information content (AvgIpc) is 2.20. The third-order valence-electron chi connectivity index (χ3n) is 1.83. The van der Waals surface area contributed by atoms with Crippen molar-refractivity contribution in [3.8, 4) is 0 Å². The molecule has 0 saturated heterocycles. The summed E-state index contributed by atoms with van der Waals surface area (Å²) in [6.07, 6.45) is -1.33. The number of carboxylic acid groups (broad SMARTS) is 1. The van der Waals surface area contributed by atoms with Crippen molar-refractivity contribution >= 4 is 75.7 Å². The number of carbonyl (C=O) groups is 1. The van der Waals surface area contributed by atoms with Crippen molar-refractivity contribution in [1.82, 2.24) is 12.3 Å². The highest BCUT2D eigenvalue weighted by atomic mass is 35.5. The lowest BCUT2D eigenvalue weighted by molar-refractivity contribution is 0.205. The maximum absolute atomic E-state index is 8.78. The van der Waals surface area contributed by atoms with E-state index in [9.17, 15) is 0 Å². The molecule has 5 nitrogen and oxygen atoms in total. The van der Waals surface area contributed by atoms with Gasteiger partial charge in [-0.05, 0) is 0 Å². The zero-order valence-corrected chi connectivity index (χ0v) is 13.6. The number of rotatable bonds is 0. The summed E-state index contributed by atoms with van der Waals surface area (Å²) in [5.41, 5.74) is 4.03. The van der Waals surface area contributed by atoms with E-state index in [1.807, 2.05) is 0 Å². The van der Waals surface area contributed by atoms with Gasteiger partial charge in [0.05, 0.1) is 32.3 Å². The van der Waals surface area contributed by atoms with Gasteiger partial charge < -0.3 is 23.1 Å². The molecule has 9 N–H and O–H groups in total. The van der Waals surface area contributed by atoms with E-state index in [0.29, 0.717) is 0 Å². The lowest BCUT2D eigenvalue weighted by Gasteiger charge is -2.37. The quantitative estimate of drug-likeness (QED) is 0.474. The molecule has 1 amide bonds. The molecule has 0 heterocycles. The highest BCUT2D eigenvalue weighted by Gasteiger charge is 2.46. The molecule has 1 rings (SSSR count). The second-order valence-corrected chi connectivity index (χ2v) is 6.03. The molecule has 112 valence electrons. The fourth-order valence-corrected chi connectivity index (χ4v) is 3.38. The first kappa shape index (κ1) is 24.0. The van der Waals surface area contributed by atoms with Gasteiger partial charge in [-0.1, -0.05) is 0 Å². The number of halogens is 6. The van der Waals surface area contributed by atoms with Crippen molar-refractivity contribution < 1.29 is 9.90 Å². The van der Waals surface area contributed by atoms with Gasteiger partial charge in [0, 0.05) is 0 Å². The van der Waals surface area contributed by atoms with Crippen LogP contribution in [0.1, 0.15) is 0 Å². The Bertz CT molecular complexity index is 187. The van der Waals surface area contributed by atoms with Gasteiger partial charge in [0.25, 0.3) is 0 Å². The summed E-state index contributed by atoms with van der Waals surface area (Å²) >= 11 is 35.3. The standard InChI is InChI=1S/C6H6Cl6.CH3NO2.2H3N/c7-1-2(8)4(10)6(12)5(11)3(1)9;2-1(3)4;;/h1-6H;2H2,(H,3,4);2*1H3. The molecule has 0 aromatic heterocycles. The summed E-state index contributed by atoms with van der Waals surface area (Å²) in [5.74, 6) is 0. The molecule has 0 spiro atoms. The highest BCUT2D eigenvalue weighted by Crippen LogP contribution is 2.39. The van der Waals surface area contributed by atoms with Crippen molar-refractivity contribution in [3.63, 3.8) is 0 Å². The summed E-state index contributed by atoms with van der Waals surface area (Å²) < 4.78 is 0. The van der Waals surface area contributed by atoms with E-state index in [-0.39, 0.29) is 12.3 Å². The maximum Gasteiger partial charge on any atom is 0.402 e. The van der Waals surface area contributed by atoms with Crippen LogP contribution >= 0.6 is 69.6 Å². The summed E-state index contributed by atoms with van der Waals surface area (Å²) in [6, 6.07) is 0. The molecule has 1 fully saturated rings. The van der Waals surface area contributed by atoms with Crippen molar-refractivity contribution in [3.05, 3.63) is 0 Å². The first-order valence-corrected chi connectivity index (χ1v) is 6.64. The lowest BCUT2D eigenvalue weighted by atomic mass is 9.97. The molecule has 11 heteroatoms. The molecule has 18 heavy (non-hydrogen) atoms. The van der Waals surface area contributed by atoms with Crippen molar-refractivity contribution in [2.24, 2.45) is 5.73 Å². The van der Waals surface area contributed by atoms with Crippen LogP contribution in [0.15, 0.2) is 0 Å². The molecule has 0 aliphatic heterocycles. The van der Waals surface area contributed by atoms with Gasteiger partial charge in [-0.2, -0.15) is 0 Å². The van der Waals surface area contributed by atoms with Gasteiger partial charge in [-0.15, -0.1) is 69.6 Å². The van der Waals surface area contributed by atoms with E-state index in [0.717, 1.165) is 0 Å². The summed E-state index contributed by atoms with van der Waals surface area (Å²) in [7, 11) is 0. The number of hydrogen-bond acceptors (Lipinski definition) is 3. The summed E-state index contributed by atoms with van der Waals surface area (Å²) in [4.78, 5) is 8.78. The van der Waals surface area contributed by atoms with Crippen molar-refractivity contribution in [2.75, 3.05) is 0 Å². The summed E-state index contributed by atoms with van der Waals surface area (Å²) in [5, 5.41) is 4.57.